The highest BCUT2D eigenvalue weighted by Gasteiger charge is 2.14. The maximum absolute atomic E-state index is 13.5. The largest absolute Gasteiger partial charge is 0.481 e. The molecule has 1 aromatic heterocycles. The molecule has 0 aliphatic rings. The molecule has 0 fully saturated rings. The number of carbonyl (C=O) groups is 2. The first-order valence-corrected chi connectivity index (χ1v) is 8.98. The van der Waals surface area contributed by atoms with Crippen molar-refractivity contribution in [1.29, 1.82) is 0 Å². The van der Waals surface area contributed by atoms with E-state index in [0.29, 0.717) is 29.0 Å². The summed E-state index contributed by atoms with van der Waals surface area (Å²) < 4.78 is 18.5. The molecule has 2 N–H and O–H groups in total. The molecule has 5 nitrogen and oxygen atoms in total. The molecule has 0 aliphatic carbocycles. The molecule has 8 heteroatoms. The van der Waals surface area contributed by atoms with Gasteiger partial charge in [-0.3, -0.25) is 9.59 Å². The van der Waals surface area contributed by atoms with E-state index in [2.05, 4.69) is 5.32 Å². The number of amides is 1. The Kier molecular flexibility index (Phi) is 6.14. The molecule has 0 bridgehead atoms. The van der Waals surface area contributed by atoms with Gasteiger partial charge in [-0.25, -0.2) is 4.39 Å². The Balaban J connectivity index is 1.79. The number of nitrogens with one attached hydrogen (secondary N) is 1. The fraction of sp³-hybridized carbons (Fsp3) is 0.286. The molecule has 0 saturated carbocycles. The number of fused-ring (bicyclic) bond motifs is 1. The Labute approximate surface area is 134 Å². The molecule has 0 saturated heterocycles. The second-order valence-corrected chi connectivity index (χ2v) is 7.00. The lowest BCUT2D eigenvalue weighted by atomic mass is 10.1. The van der Waals surface area contributed by atoms with E-state index in [4.69, 9.17) is 9.52 Å². The van der Waals surface area contributed by atoms with E-state index in [-0.39, 0.29) is 17.9 Å². The smallest absolute Gasteiger partial charge is 0.304 e. The quantitative estimate of drug-likeness (QED) is 0.566. The fourth-order valence-corrected chi connectivity index (χ4v) is 3.66. The van der Waals surface area contributed by atoms with Gasteiger partial charge in [0.05, 0.1) is 18.2 Å². The average molecular weight is 343 g/mol. The zero-order valence-corrected chi connectivity index (χ0v) is 13.1. The Morgan fingerprint density at radius 1 is 1.23 bits per heavy atom. The number of furan rings is 1. The molecule has 0 atom stereocenters. The molecule has 0 unspecified atom stereocenters. The van der Waals surface area contributed by atoms with Crippen LogP contribution in [0.15, 0.2) is 28.9 Å². The maximum atomic E-state index is 13.5. The number of carboxylic acid groups (broad SMARTS) is 1. The van der Waals surface area contributed by atoms with Crippen LogP contribution in [0.1, 0.15) is 16.8 Å². The van der Waals surface area contributed by atoms with Crippen molar-refractivity contribution >= 4 is 44.4 Å². The molecule has 22 heavy (non-hydrogen) atoms. The number of carboxylic acids is 1. The Morgan fingerprint density at radius 2 is 2.00 bits per heavy atom. The third kappa shape index (κ3) is 4.41. The lowest BCUT2D eigenvalue weighted by molar-refractivity contribution is -0.136. The van der Waals surface area contributed by atoms with Crippen molar-refractivity contribution < 1.29 is 23.5 Å². The van der Waals surface area contributed by atoms with Crippen molar-refractivity contribution in [1.82, 2.24) is 5.32 Å². The summed E-state index contributed by atoms with van der Waals surface area (Å²) in [6, 6.07) is 4.19. The number of carbonyl (C=O) groups excluding carboxylic acids is 1. The van der Waals surface area contributed by atoms with Crippen LogP contribution < -0.4 is 5.32 Å². The second-order valence-electron chi connectivity index (χ2n) is 4.30. The van der Waals surface area contributed by atoms with E-state index in [1.807, 2.05) is 0 Å². The standard InChI is InChI=1S/C14H14FNO4S2/c15-11-2-1-10(9-3-6-20-13(9)11)14(19)16-5-8-22-21-7-4-12(17)18/h1-3,6H,4-5,7-8H2,(H,16,19)(H,17,18). The molecule has 1 amide bonds. The highest BCUT2D eigenvalue weighted by atomic mass is 33.1. The molecule has 0 spiro atoms. The first kappa shape index (κ1) is 16.7. The van der Waals surface area contributed by atoms with Crippen LogP contribution in [0.5, 0.6) is 0 Å². The summed E-state index contributed by atoms with van der Waals surface area (Å²) in [5.41, 5.74) is 0.444. The normalized spacial score (nSPS) is 10.8. The predicted octanol–water partition coefficient (Wildman–Crippen LogP) is 3.16. The number of rotatable bonds is 8. The summed E-state index contributed by atoms with van der Waals surface area (Å²) in [5, 5.41) is 11.7. The van der Waals surface area contributed by atoms with Crippen LogP contribution in [-0.4, -0.2) is 35.0 Å². The van der Waals surface area contributed by atoms with E-state index >= 15 is 0 Å². The van der Waals surface area contributed by atoms with Crippen molar-refractivity contribution in [3.8, 4) is 0 Å². The number of hydrogen-bond acceptors (Lipinski definition) is 5. The summed E-state index contributed by atoms with van der Waals surface area (Å²) in [4.78, 5) is 22.4. The van der Waals surface area contributed by atoms with Crippen LogP contribution in [0.25, 0.3) is 11.0 Å². The molecule has 0 radical (unpaired) electrons. The molecule has 2 rings (SSSR count). The highest BCUT2D eigenvalue weighted by Crippen LogP contribution is 2.23. The van der Waals surface area contributed by atoms with E-state index in [9.17, 15) is 14.0 Å². The topological polar surface area (TPSA) is 79.5 Å². The van der Waals surface area contributed by atoms with E-state index < -0.39 is 11.8 Å². The van der Waals surface area contributed by atoms with Gasteiger partial charge < -0.3 is 14.8 Å². The van der Waals surface area contributed by atoms with Crippen molar-refractivity contribution in [2.75, 3.05) is 18.1 Å². The van der Waals surface area contributed by atoms with Gasteiger partial charge in [-0.15, -0.1) is 0 Å². The molecular formula is C14H14FNO4S2. The lowest BCUT2D eigenvalue weighted by Crippen LogP contribution is -2.25. The van der Waals surface area contributed by atoms with E-state index in [0.717, 1.165) is 0 Å². The number of aliphatic carboxylic acids is 1. The van der Waals surface area contributed by atoms with Crippen LogP contribution in [0.2, 0.25) is 0 Å². The first-order valence-electron chi connectivity index (χ1n) is 6.49. The fourth-order valence-electron chi connectivity index (χ4n) is 1.77. The minimum absolute atomic E-state index is 0.0752. The summed E-state index contributed by atoms with van der Waals surface area (Å²) in [6.45, 7) is 0.445. The zero-order chi connectivity index (χ0) is 15.9. The monoisotopic (exact) mass is 343 g/mol. The van der Waals surface area contributed by atoms with Gasteiger partial charge in [0.2, 0.25) is 0 Å². The van der Waals surface area contributed by atoms with Crippen molar-refractivity contribution in [3.05, 3.63) is 35.8 Å². The zero-order valence-electron chi connectivity index (χ0n) is 11.5. The summed E-state index contributed by atoms with van der Waals surface area (Å²) in [5.74, 6) is -0.417. The van der Waals surface area contributed by atoms with E-state index in [1.165, 1.54) is 40.0 Å². The van der Waals surface area contributed by atoms with Crippen LogP contribution in [0, 0.1) is 5.82 Å². The van der Waals surface area contributed by atoms with Gasteiger partial charge in [-0.05, 0) is 18.2 Å². The average Bonchev–Trinajstić information content (AvgIpc) is 2.96. The Morgan fingerprint density at radius 3 is 2.77 bits per heavy atom. The number of benzene rings is 1. The van der Waals surface area contributed by atoms with Crippen LogP contribution in [0.3, 0.4) is 0 Å². The number of hydrogen-bond donors (Lipinski definition) is 2. The molecular weight excluding hydrogens is 329 g/mol. The van der Waals surface area contributed by atoms with Crippen molar-refractivity contribution in [2.24, 2.45) is 0 Å². The van der Waals surface area contributed by atoms with Crippen LogP contribution in [0.4, 0.5) is 4.39 Å². The van der Waals surface area contributed by atoms with Crippen LogP contribution >= 0.6 is 21.6 Å². The van der Waals surface area contributed by atoms with Crippen molar-refractivity contribution in [2.45, 2.75) is 6.42 Å². The lowest BCUT2D eigenvalue weighted by Gasteiger charge is -2.06. The van der Waals surface area contributed by atoms with Gasteiger partial charge in [-0.2, -0.15) is 0 Å². The third-order valence-corrected chi connectivity index (χ3v) is 5.18. The van der Waals surface area contributed by atoms with Gasteiger partial charge in [0.25, 0.3) is 5.91 Å². The van der Waals surface area contributed by atoms with Gasteiger partial charge in [0.1, 0.15) is 0 Å². The minimum Gasteiger partial charge on any atom is -0.481 e. The van der Waals surface area contributed by atoms with Gasteiger partial charge in [-0.1, -0.05) is 21.6 Å². The summed E-state index contributed by atoms with van der Waals surface area (Å²) >= 11 is 0. The number of halogens is 1. The third-order valence-electron chi connectivity index (χ3n) is 2.77. The SMILES string of the molecule is O=C(O)CCSSCCNC(=O)c1ccc(F)c2occc12. The Hall–Kier alpha value is -1.67. The second kappa shape index (κ2) is 8.09. The first-order chi connectivity index (χ1) is 10.6. The van der Waals surface area contributed by atoms with Gasteiger partial charge >= 0.3 is 5.97 Å². The highest BCUT2D eigenvalue weighted by molar-refractivity contribution is 8.76. The predicted molar refractivity (Wildman–Crippen MR) is 85.7 cm³/mol. The van der Waals surface area contributed by atoms with Gasteiger partial charge in [0.15, 0.2) is 11.4 Å². The summed E-state index contributed by atoms with van der Waals surface area (Å²) in [6.07, 6.45) is 1.47. The molecule has 1 aromatic carbocycles. The minimum atomic E-state index is -0.818. The van der Waals surface area contributed by atoms with Crippen LogP contribution in [-0.2, 0) is 4.79 Å². The molecule has 0 aliphatic heterocycles. The van der Waals surface area contributed by atoms with E-state index in [1.54, 1.807) is 6.07 Å². The maximum Gasteiger partial charge on any atom is 0.304 e. The molecule has 2 aromatic rings. The Bertz CT molecular complexity index is 674. The molecule has 118 valence electrons. The summed E-state index contributed by atoms with van der Waals surface area (Å²) in [7, 11) is 2.96. The molecule has 1 heterocycles. The van der Waals surface area contributed by atoms with Gasteiger partial charge in [0, 0.05) is 23.4 Å². The van der Waals surface area contributed by atoms with Crippen molar-refractivity contribution in [3.63, 3.8) is 0 Å².